The molecular formula is C23H25N3O2. The quantitative estimate of drug-likeness (QED) is 0.708. The summed E-state index contributed by atoms with van der Waals surface area (Å²) in [5, 5.41) is 9.12. The topological polar surface area (TPSA) is 58.4 Å². The lowest BCUT2D eigenvalue weighted by Crippen LogP contribution is -2.30. The van der Waals surface area contributed by atoms with E-state index in [0.29, 0.717) is 12.1 Å². The predicted octanol–water partition coefficient (Wildman–Crippen LogP) is 4.60. The van der Waals surface area contributed by atoms with E-state index in [0.717, 1.165) is 35.9 Å². The summed E-state index contributed by atoms with van der Waals surface area (Å²) in [7, 11) is 0. The maximum absolute atomic E-state index is 11.1. The van der Waals surface area contributed by atoms with Gasteiger partial charge in [-0.1, -0.05) is 18.2 Å². The zero-order valence-electron chi connectivity index (χ0n) is 16.1. The smallest absolute Gasteiger partial charge is 0.335 e. The van der Waals surface area contributed by atoms with Gasteiger partial charge in [0, 0.05) is 25.0 Å². The van der Waals surface area contributed by atoms with Crippen molar-refractivity contribution in [1.82, 2.24) is 9.55 Å². The molecule has 144 valence electrons. The van der Waals surface area contributed by atoms with Gasteiger partial charge in [-0.25, -0.2) is 9.78 Å². The van der Waals surface area contributed by atoms with Gasteiger partial charge in [0.05, 0.1) is 17.8 Å². The Hall–Kier alpha value is -3.08. The first-order valence-electron chi connectivity index (χ1n) is 9.81. The third-order valence-corrected chi connectivity index (χ3v) is 5.27. The number of aromatic nitrogens is 2. The molecule has 4 rings (SSSR count). The van der Waals surface area contributed by atoms with Crippen molar-refractivity contribution in [3.63, 3.8) is 0 Å². The largest absolute Gasteiger partial charge is 0.478 e. The molecule has 1 aliphatic heterocycles. The van der Waals surface area contributed by atoms with Gasteiger partial charge in [-0.05, 0) is 67.6 Å². The highest BCUT2D eigenvalue weighted by Crippen LogP contribution is 2.24. The van der Waals surface area contributed by atoms with Crippen LogP contribution in [0.4, 0.5) is 5.82 Å². The SMILES string of the molecule is Cc1cc(-c2ccc(C(=O)O)cc2)n(Cc2cccc(N3CCCCC3)n2)c1. The fourth-order valence-electron chi connectivity index (χ4n) is 3.84. The number of piperidine rings is 1. The van der Waals surface area contributed by atoms with Crippen molar-refractivity contribution >= 4 is 11.8 Å². The molecular weight excluding hydrogens is 350 g/mol. The van der Waals surface area contributed by atoms with Crippen LogP contribution in [0.15, 0.2) is 54.7 Å². The Bertz CT molecular complexity index is 970. The number of hydrogen-bond acceptors (Lipinski definition) is 3. The van der Waals surface area contributed by atoms with E-state index in [1.54, 1.807) is 12.1 Å². The minimum absolute atomic E-state index is 0.300. The molecule has 3 aromatic rings. The summed E-state index contributed by atoms with van der Waals surface area (Å²) in [5.41, 5.74) is 4.57. The number of benzene rings is 1. The van der Waals surface area contributed by atoms with Gasteiger partial charge in [-0.15, -0.1) is 0 Å². The first-order valence-corrected chi connectivity index (χ1v) is 9.81. The van der Waals surface area contributed by atoms with E-state index < -0.39 is 5.97 Å². The molecule has 0 bridgehead atoms. The lowest BCUT2D eigenvalue weighted by Gasteiger charge is -2.28. The Kier molecular flexibility index (Phi) is 5.15. The Morgan fingerprint density at radius 2 is 1.82 bits per heavy atom. The number of carboxylic acids is 1. The van der Waals surface area contributed by atoms with Crippen LogP contribution in [0.2, 0.25) is 0 Å². The predicted molar refractivity (Wildman–Crippen MR) is 111 cm³/mol. The highest BCUT2D eigenvalue weighted by atomic mass is 16.4. The number of rotatable bonds is 5. The van der Waals surface area contributed by atoms with Crippen LogP contribution in [0.5, 0.6) is 0 Å². The summed E-state index contributed by atoms with van der Waals surface area (Å²) in [6, 6.07) is 15.4. The highest BCUT2D eigenvalue weighted by molar-refractivity contribution is 5.88. The van der Waals surface area contributed by atoms with Crippen molar-refractivity contribution in [2.45, 2.75) is 32.7 Å². The third-order valence-electron chi connectivity index (χ3n) is 5.27. The molecule has 0 spiro atoms. The average Bonchev–Trinajstić information content (AvgIpc) is 3.09. The van der Waals surface area contributed by atoms with Gasteiger partial charge >= 0.3 is 5.97 Å². The molecule has 0 radical (unpaired) electrons. The molecule has 1 aromatic carbocycles. The minimum atomic E-state index is -0.906. The molecule has 2 aromatic heterocycles. The van der Waals surface area contributed by atoms with Crippen LogP contribution in [0.25, 0.3) is 11.3 Å². The summed E-state index contributed by atoms with van der Waals surface area (Å²) in [6.45, 7) is 4.93. The zero-order valence-corrected chi connectivity index (χ0v) is 16.1. The van der Waals surface area contributed by atoms with Crippen LogP contribution in [0.1, 0.15) is 40.9 Å². The van der Waals surface area contributed by atoms with Crippen molar-refractivity contribution in [3.05, 3.63) is 71.5 Å². The monoisotopic (exact) mass is 375 g/mol. The molecule has 28 heavy (non-hydrogen) atoms. The number of carboxylic acid groups (broad SMARTS) is 1. The van der Waals surface area contributed by atoms with Crippen LogP contribution in [-0.2, 0) is 6.54 Å². The number of nitrogens with zero attached hydrogens (tertiary/aromatic N) is 3. The second kappa shape index (κ2) is 7.89. The fourth-order valence-corrected chi connectivity index (χ4v) is 3.84. The van der Waals surface area contributed by atoms with Gasteiger partial charge in [0.15, 0.2) is 0 Å². The summed E-state index contributed by atoms with van der Waals surface area (Å²) in [6.07, 6.45) is 5.90. The van der Waals surface area contributed by atoms with Crippen LogP contribution in [-0.4, -0.2) is 33.7 Å². The van der Waals surface area contributed by atoms with E-state index in [4.69, 9.17) is 10.1 Å². The van der Waals surface area contributed by atoms with Gasteiger partial charge in [-0.3, -0.25) is 0 Å². The van der Waals surface area contributed by atoms with E-state index in [-0.39, 0.29) is 0 Å². The second-order valence-corrected chi connectivity index (χ2v) is 7.45. The normalized spacial score (nSPS) is 14.2. The third kappa shape index (κ3) is 3.93. The Labute approximate surface area is 165 Å². The maximum Gasteiger partial charge on any atom is 0.335 e. The zero-order chi connectivity index (χ0) is 19.5. The van der Waals surface area contributed by atoms with Gasteiger partial charge in [-0.2, -0.15) is 0 Å². The van der Waals surface area contributed by atoms with Gasteiger partial charge < -0.3 is 14.6 Å². The molecule has 0 atom stereocenters. The second-order valence-electron chi connectivity index (χ2n) is 7.45. The van der Waals surface area contributed by atoms with Crippen molar-refractivity contribution in [3.8, 4) is 11.3 Å². The van der Waals surface area contributed by atoms with E-state index in [9.17, 15) is 4.79 Å². The molecule has 0 amide bonds. The minimum Gasteiger partial charge on any atom is -0.478 e. The molecule has 1 N–H and O–H groups in total. The number of aromatic carboxylic acids is 1. The molecule has 0 unspecified atom stereocenters. The van der Waals surface area contributed by atoms with E-state index in [1.807, 2.05) is 12.1 Å². The Morgan fingerprint density at radius 1 is 1.07 bits per heavy atom. The van der Waals surface area contributed by atoms with E-state index in [1.165, 1.54) is 24.8 Å². The van der Waals surface area contributed by atoms with Crippen molar-refractivity contribution in [2.75, 3.05) is 18.0 Å². The fraction of sp³-hybridized carbons (Fsp3) is 0.304. The number of carbonyl (C=O) groups is 1. The molecule has 0 aliphatic carbocycles. The van der Waals surface area contributed by atoms with Crippen LogP contribution in [0, 0.1) is 6.92 Å². The molecule has 3 heterocycles. The highest BCUT2D eigenvalue weighted by Gasteiger charge is 2.13. The van der Waals surface area contributed by atoms with Crippen LogP contribution < -0.4 is 4.90 Å². The standard InChI is InChI=1S/C23H25N3O2/c1-17-14-21(18-8-10-19(11-9-18)23(27)28)26(15-17)16-20-6-5-7-22(24-20)25-12-3-2-4-13-25/h5-11,14-15H,2-4,12-13,16H2,1H3,(H,27,28). The van der Waals surface area contributed by atoms with Crippen molar-refractivity contribution in [2.24, 2.45) is 0 Å². The molecule has 5 heteroatoms. The summed E-state index contributed by atoms with van der Waals surface area (Å²) >= 11 is 0. The summed E-state index contributed by atoms with van der Waals surface area (Å²) < 4.78 is 2.19. The Balaban J connectivity index is 1.60. The lowest BCUT2D eigenvalue weighted by molar-refractivity contribution is 0.0697. The van der Waals surface area contributed by atoms with E-state index in [2.05, 4.69) is 46.9 Å². The molecule has 1 aliphatic rings. The summed E-state index contributed by atoms with van der Waals surface area (Å²) in [4.78, 5) is 18.4. The molecule has 1 saturated heterocycles. The first kappa shape index (κ1) is 18.3. The van der Waals surface area contributed by atoms with Crippen molar-refractivity contribution in [1.29, 1.82) is 0 Å². The summed E-state index contributed by atoms with van der Waals surface area (Å²) in [5.74, 6) is 0.158. The lowest BCUT2D eigenvalue weighted by atomic mass is 10.1. The molecule has 1 fully saturated rings. The van der Waals surface area contributed by atoms with Crippen molar-refractivity contribution < 1.29 is 9.90 Å². The number of anilines is 1. The maximum atomic E-state index is 11.1. The number of pyridine rings is 1. The van der Waals surface area contributed by atoms with Crippen LogP contribution >= 0.6 is 0 Å². The molecule has 0 saturated carbocycles. The molecule has 5 nitrogen and oxygen atoms in total. The average molecular weight is 375 g/mol. The van der Waals surface area contributed by atoms with E-state index >= 15 is 0 Å². The number of hydrogen-bond donors (Lipinski definition) is 1. The van der Waals surface area contributed by atoms with Crippen LogP contribution in [0.3, 0.4) is 0 Å². The van der Waals surface area contributed by atoms with Gasteiger partial charge in [0.1, 0.15) is 5.82 Å². The Morgan fingerprint density at radius 3 is 2.54 bits per heavy atom. The first-order chi connectivity index (χ1) is 13.6. The van der Waals surface area contributed by atoms with Gasteiger partial charge in [0.2, 0.25) is 0 Å². The van der Waals surface area contributed by atoms with Gasteiger partial charge in [0.25, 0.3) is 0 Å². The number of aryl methyl sites for hydroxylation is 1.